The Hall–Kier alpha value is -1.10. The summed E-state index contributed by atoms with van der Waals surface area (Å²) in [6.07, 6.45) is 1.79. The van der Waals surface area contributed by atoms with E-state index in [2.05, 4.69) is 10.6 Å². The lowest BCUT2D eigenvalue weighted by Gasteiger charge is -2.09. The third-order valence-electron chi connectivity index (χ3n) is 1.54. The van der Waals surface area contributed by atoms with Gasteiger partial charge in [0.25, 0.3) is 0 Å². The average Bonchev–Trinajstić information content (AvgIpc) is 2.04. The maximum absolute atomic E-state index is 10.4. The Morgan fingerprint density at radius 2 is 2.33 bits per heavy atom. The van der Waals surface area contributed by atoms with Gasteiger partial charge in [-0.2, -0.15) is 0 Å². The number of nitrogens with one attached hydrogen (secondary N) is 2. The third-order valence-corrected chi connectivity index (χ3v) is 1.54. The van der Waals surface area contributed by atoms with E-state index in [-0.39, 0.29) is 0 Å². The average molecular weight is 174 g/mol. The van der Waals surface area contributed by atoms with Crippen LogP contribution in [0.4, 0.5) is 0 Å². The number of rotatable bonds is 7. The maximum Gasteiger partial charge on any atom is 0.320 e. The van der Waals surface area contributed by atoms with E-state index in [1.54, 1.807) is 7.05 Å². The maximum atomic E-state index is 10.4. The van der Waals surface area contributed by atoms with Gasteiger partial charge in [0.15, 0.2) is 0 Å². The van der Waals surface area contributed by atoms with Crippen LogP contribution in [0.25, 0.3) is 0 Å². The van der Waals surface area contributed by atoms with E-state index in [1.165, 1.54) is 0 Å². The fourth-order valence-corrected chi connectivity index (χ4v) is 0.858. The summed E-state index contributed by atoms with van der Waals surface area (Å²) in [5, 5.41) is 13.7. The highest BCUT2D eigenvalue weighted by Crippen LogP contribution is 1.95. The fraction of sp³-hybridized carbons (Fsp3) is 0.714. The zero-order valence-electron chi connectivity index (χ0n) is 7.04. The standard InChI is InChI=1S/C7H14N2O3/c1-8-6(7(11)12)3-2-4-9-5-10/h5-6,8H,2-4H2,1H3,(H,9,10)(H,11,12)/t6-/m0/s1. The van der Waals surface area contributed by atoms with Crippen LogP contribution in [0, 0.1) is 0 Å². The lowest BCUT2D eigenvalue weighted by molar-refractivity contribution is -0.139. The lowest BCUT2D eigenvalue weighted by atomic mass is 10.1. The predicted molar refractivity (Wildman–Crippen MR) is 43.8 cm³/mol. The van der Waals surface area contributed by atoms with Crippen molar-refractivity contribution in [2.45, 2.75) is 18.9 Å². The first kappa shape index (κ1) is 10.9. The molecule has 0 spiro atoms. The molecule has 0 fully saturated rings. The summed E-state index contributed by atoms with van der Waals surface area (Å²) in [5.74, 6) is -0.858. The van der Waals surface area contributed by atoms with Crippen molar-refractivity contribution < 1.29 is 14.7 Å². The first-order valence-corrected chi connectivity index (χ1v) is 3.79. The van der Waals surface area contributed by atoms with Crippen molar-refractivity contribution in [3.05, 3.63) is 0 Å². The van der Waals surface area contributed by atoms with Crippen LogP contribution in [-0.2, 0) is 9.59 Å². The number of hydrogen-bond acceptors (Lipinski definition) is 3. The van der Waals surface area contributed by atoms with E-state index in [4.69, 9.17) is 5.11 Å². The van der Waals surface area contributed by atoms with Crippen LogP contribution in [0.1, 0.15) is 12.8 Å². The minimum Gasteiger partial charge on any atom is -0.480 e. The molecule has 0 heterocycles. The molecule has 0 aromatic carbocycles. The second-order valence-corrected chi connectivity index (χ2v) is 2.39. The second-order valence-electron chi connectivity index (χ2n) is 2.39. The van der Waals surface area contributed by atoms with Crippen molar-refractivity contribution in [1.29, 1.82) is 0 Å². The molecule has 0 saturated carbocycles. The van der Waals surface area contributed by atoms with Gasteiger partial charge < -0.3 is 15.7 Å². The van der Waals surface area contributed by atoms with E-state index < -0.39 is 12.0 Å². The van der Waals surface area contributed by atoms with Crippen LogP contribution in [0.2, 0.25) is 0 Å². The smallest absolute Gasteiger partial charge is 0.320 e. The quantitative estimate of drug-likeness (QED) is 0.348. The Morgan fingerprint density at radius 1 is 1.67 bits per heavy atom. The summed E-state index contributed by atoms with van der Waals surface area (Å²) in [6, 6.07) is -0.515. The number of hydrogen-bond donors (Lipinski definition) is 3. The van der Waals surface area contributed by atoms with Gasteiger partial charge in [-0.25, -0.2) is 0 Å². The van der Waals surface area contributed by atoms with E-state index in [9.17, 15) is 9.59 Å². The van der Waals surface area contributed by atoms with Gasteiger partial charge in [0, 0.05) is 6.54 Å². The van der Waals surface area contributed by atoms with Crippen molar-refractivity contribution in [3.63, 3.8) is 0 Å². The van der Waals surface area contributed by atoms with Gasteiger partial charge in [0.2, 0.25) is 6.41 Å². The van der Waals surface area contributed by atoms with Crippen molar-refractivity contribution in [2.24, 2.45) is 0 Å². The molecule has 0 unspecified atom stereocenters. The normalized spacial score (nSPS) is 12.1. The van der Waals surface area contributed by atoms with Crippen LogP contribution < -0.4 is 10.6 Å². The second kappa shape index (κ2) is 6.60. The molecule has 0 bridgehead atoms. The fourth-order valence-electron chi connectivity index (χ4n) is 0.858. The summed E-state index contributed by atoms with van der Waals surface area (Å²) in [4.78, 5) is 20.3. The highest BCUT2D eigenvalue weighted by Gasteiger charge is 2.12. The molecule has 1 atom stereocenters. The van der Waals surface area contributed by atoms with Crippen molar-refractivity contribution >= 4 is 12.4 Å². The molecule has 0 rings (SSSR count). The van der Waals surface area contributed by atoms with Crippen LogP contribution in [0.3, 0.4) is 0 Å². The van der Waals surface area contributed by atoms with Crippen LogP contribution >= 0.6 is 0 Å². The van der Waals surface area contributed by atoms with Crippen LogP contribution in [-0.4, -0.2) is 37.1 Å². The zero-order valence-corrected chi connectivity index (χ0v) is 7.04. The number of carboxylic acids is 1. The molecule has 5 heteroatoms. The van der Waals surface area contributed by atoms with Gasteiger partial charge in [-0.15, -0.1) is 0 Å². The van der Waals surface area contributed by atoms with Crippen LogP contribution in [0.5, 0.6) is 0 Å². The molecule has 70 valence electrons. The van der Waals surface area contributed by atoms with Gasteiger partial charge in [0.05, 0.1) is 0 Å². The number of amides is 1. The minimum atomic E-state index is -0.858. The summed E-state index contributed by atoms with van der Waals surface area (Å²) in [6.45, 7) is 0.523. The van der Waals surface area contributed by atoms with Gasteiger partial charge in [-0.1, -0.05) is 0 Å². The molecule has 5 nitrogen and oxygen atoms in total. The topological polar surface area (TPSA) is 78.4 Å². The molecule has 0 aromatic heterocycles. The third kappa shape index (κ3) is 4.68. The summed E-state index contributed by atoms with van der Waals surface area (Å²) < 4.78 is 0. The van der Waals surface area contributed by atoms with E-state index in [0.29, 0.717) is 25.8 Å². The molecule has 0 aliphatic heterocycles. The van der Waals surface area contributed by atoms with Gasteiger partial charge >= 0.3 is 5.97 Å². The summed E-state index contributed by atoms with van der Waals surface area (Å²) in [5.41, 5.74) is 0. The molecule has 1 amide bonds. The largest absolute Gasteiger partial charge is 0.480 e. The molecular formula is C7H14N2O3. The Labute approximate surface area is 71.1 Å². The molecule has 0 aliphatic rings. The molecule has 0 saturated heterocycles. The highest BCUT2D eigenvalue weighted by molar-refractivity contribution is 5.73. The number of carbonyl (C=O) groups is 2. The molecule has 0 aliphatic carbocycles. The first-order chi connectivity index (χ1) is 5.72. The SMILES string of the molecule is CN[C@@H](CCCNC=O)C(=O)O. The van der Waals surface area contributed by atoms with E-state index in [0.717, 1.165) is 0 Å². The van der Waals surface area contributed by atoms with E-state index >= 15 is 0 Å². The molecule has 12 heavy (non-hydrogen) atoms. The Balaban J connectivity index is 3.44. The predicted octanol–water partition coefficient (Wildman–Crippen LogP) is -0.815. The van der Waals surface area contributed by atoms with Crippen molar-refractivity contribution in [3.8, 4) is 0 Å². The Morgan fingerprint density at radius 3 is 2.75 bits per heavy atom. The van der Waals surface area contributed by atoms with Gasteiger partial charge in [-0.05, 0) is 19.9 Å². The summed E-state index contributed by atoms with van der Waals surface area (Å²) >= 11 is 0. The first-order valence-electron chi connectivity index (χ1n) is 3.79. The van der Waals surface area contributed by atoms with Gasteiger partial charge in [0.1, 0.15) is 6.04 Å². The number of aliphatic carboxylic acids is 1. The van der Waals surface area contributed by atoms with Crippen molar-refractivity contribution in [1.82, 2.24) is 10.6 Å². The lowest BCUT2D eigenvalue weighted by Crippen LogP contribution is -2.34. The number of likely N-dealkylation sites (N-methyl/N-ethyl adjacent to an activating group) is 1. The molecule has 0 radical (unpaired) electrons. The zero-order chi connectivity index (χ0) is 9.40. The molecular weight excluding hydrogens is 160 g/mol. The van der Waals surface area contributed by atoms with E-state index in [1.807, 2.05) is 0 Å². The Bertz CT molecular complexity index is 150. The highest BCUT2D eigenvalue weighted by atomic mass is 16.4. The summed E-state index contributed by atoms with van der Waals surface area (Å²) in [7, 11) is 1.60. The van der Waals surface area contributed by atoms with Crippen LogP contribution in [0.15, 0.2) is 0 Å². The van der Waals surface area contributed by atoms with Crippen molar-refractivity contribution in [2.75, 3.05) is 13.6 Å². The van der Waals surface area contributed by atoms with Gasteiger partial charge in [-0.3, -0.25) is 9.59 Å². The molecule has 0 aromatic rings. The molecule has 3 N–H and O–H groups in total. The number of carboxylic acid groups (broad SMARTS) is 1. The Kier molecular flexibility index (Phi) is 6.00. The monoisotopic (exact) mass is 174 g/mol. The minimum absolute atomic E-state index is 0.515. The number of carbonyl (C=O) groups excluding carboxylic acids is 1.